The van der Waals surface area contributed by atoms with Crippen molar-refractivity contribution in [3.05, 3.63) is 64.4 Å². The van der Waals surface area contributed by atoms with E-state index in [1.165, 1.54) is 7.11 Å². The van der Waals surface area contributed by atoms with E-state index >= 15 is 0 Å². The topological polar surface area (TPSA) is 39.2 Å². The first-order valence-corrected chi connectivity index (χ1v) is 5.89. The molecule has 0 bridgehead atoms. The Balaban J connectivity index is 2.35. The number of carbonyl (C=O) groups excluding carboxylic acids is 1. The van der Waals surface area contributed by atoms with Crippen molar-refractivity contribution in [3.63, 3.8) is 0 Å². The molecule has 1 aromatic carbocycles. The molecule has 0 radical (unpaired) electrons. The van der Waals surface area contributed by atoms with Crippen molar-refractivity contribution in [3.8, 4) is 11.8 Å². The molecular weight excluding hydrogens is 262 g/mol. The van der Waals surface area contributed by atoms with Crippen LogP contribution in [0.3, 0.4) is 0 Å². The number of aromatic nitrogens is 1. The first-order chi connectivity index (χ1) is 9.20. The number of pyridine rings is 1. The van der Waals surface area contributed by atoms with Crippen LogP contribution in [0.15, 0.2) is 42.6 Å². The van der Waals surface area contributed by atoms with Crippen molar-refractivity contribution in [1.82, 2.24) is 4.98 Å². The number of esters is 1. The van der Waals surface area contributed by atoms with Crippen molar-refractivity contribution < 1.29 is 9.53 Å². The Labute approximate surface area is 116 Å². The SMILES string of the molecule is COC(=O)c1ccc(Cl)c(C#Cc2ccccn2)c1. The molecule has 0 saturated heterocycles. The number of nitrogens with zero attached hydrogens (tertiary/aromatic N) is 1. The van der Waals surface area contributed by atoms with Gasteiger partial charge in [0.25, 0.3) is 0 Å². The molecule has 0 aliphatic rings. The summed E-state index contributed by atoms with van der Waals surface area (Å²) in [6, 6.07) is 10.3. The highest BCUT2D eigenvalue weighted by Crippen LogP contribution is 2.17. The fourth-order valence-corrected chi connectivity index (χ4v) is 1.60. The molecule has 1 heterocycles. The lowest BCUT2D eigenvalue weighted by Crippen LogP contribution is -2.01. The van der Waals surface area contributed by atoms with Gasteiger partial charge >= 0.3 is 5.97 Å². The molecule has 0 spiro atoms. The van der Waals surface area contributed by atoms with Crippen LogP contribution in [0.5, 0.6) is 0 Å². The second kappa shape index (κ2) is 6.03. The Morgan fingerprint density at radius 3 is 2.79 bits per heavy atom. The Morgan fingerprint density at radius 1 is 1.26 bits per heavy atom. The molecule has 0 amide bonds. The van der Waals surface area contributed by atoms with Gasteiger partial charge in [-0.15, -0.1) is 0 Å². The summed E-state index contributed by atoms with van der Waals surface area (Å²) in [4.78, 5) is 15.5. The Bertz CT molecular complexity index is 657. The number of benzene rings is 1. The number of hydrogen-bond donors (Lipinski definition) is 0. The van der Waals surface area contributed by atoms with Gasteiger partial charge in [0, 0.05) is 11.8 Å². The number of hydrogen-bond acceptors (Lipinski definition) is 3. The van der Waals surface area contributed by atoms with Crippen molar-refractivity contribution in [2.24, 2.45) is 0 Å². The first kappa shape index (κ1) is 13.1. The van der Waals surface area contributed by atoms with Gasteiger partial charge in [-0.05, 0) is 36.3 Å². The average molecular weight is 272 g/mol. The molecule has 0 aliphatic carbocycles. The Kier molecular flexibility index (Phi) is 4.17. The number of methoxy groups -OCH3 is 1. The predicted octanol–water partition coefficient (Wildman–Crippen LogP) is 2.92. The minimum Gasteiger partial charge on any atom is -0.465 e. The van der Waals surface area contributed by atoms with E-state index in [0.717, 1.165) is 0 Å². The predicted molar refractivity (Wildman–Crippen MR) is 73.0 cm³/mol. The molecule has 0 unspecified atom stereocenters. The second-order valence-electron chi connectivity index (χ2n) is 3.65. The molecule has 0 fully saturated rings. The molecule has 0 saturated carbocycles. The molecule has 94 valence electrons. The molecule has 3 nitrogen and oxygen atoms in total. The standard InChI is InChI=1S/C15H10ClNO2/c1-19-15(18)12-6-8-14(16)11(10-12)5-7-13-4-2-3-9-17-13/h2-4,6,8-10H,1H3. The molecule has 0 atom stereocenters. The molecule has 19 heavy (non-hydrogen) atoms. The van der Waals surface area contributed by atoms with E-state index in [9.17, 15) is 4.79 Å². The van der Waals surface area contributed by atoms with Gasteiger partial charge in [-0.25, -0.2) is 9.78 Å². The molecule has 2 aromatic rings. The highest BCUT2D eigenvalue weighted by Gasteiger charge is 2.07. The summed E-state index contributed by atoms with van der Waals surface area (Å²) in [5.41, 5.74) is 1.62. The summed E-state index contributed by atoms with van der Waals surface area (Å²) in [7, 11) is 1.33. The second-order valence-corrected chi connectivity index (χ2v) is 4.06. The third kappa shape index (κ3) is 3.34. The third-order valence-corrected chi connectivity index (χ3v) is 2.71. The zero-order chi connectivity index (χ0) is 13.7. The van der Waals surface area contributed by atoms with Crippen LogP contribution in [-0.2, 0) is 4.74 Å². The van der Waals surface area contributed by atoms with E-state index in [0.29, 0.717) is 21.8 Å². The monoisotopic (exact) mass is 271 g/mol. The van der Waals surface area contributed by atoms with Crippen LogP contribution in [0.2, 0.25) is 5.02 Å². The molecule has 0 aliphatic heterocycles. The van der Waals surface area contributed by atoms with Gasteiger partial charge in [0.15, 0.2) is 0 Å². The minimum absolute atomic E-state index is 0.414. The largest absolute Gasteiger partial charge is 0.465 e. The van der Waals surface area contributed by atoms with E-state index < -0.39 is 5.97 Å². The van der Waals surface area contributed by atoms with Crippen molar-refractivity contribution in [2.45, 2.75) is 0 Å². The summed E-state index contributed by atoms with van der Waals surface area (Å²) in [6.45, 7) is 0. The van der Waals surface area contributed by atoms with Crippen molar-refractivity contribution in [1.29, 1.82) is 0 Å². The lowest BCUT2D eigenvalue weighted by atomic mass is 10.1. The first-order valence-electron chi connectivity index (χ1n) is 5.51. The molecule has 1 aromatic heterocycles. The van der Waals surface area contributed by atoms with E-state index in [4.69, 9.17) is 11.6 Å². The number of rotatable bonds is 1. The number of ether oxygens (including phenoxy) is 1. The molecule has 4 heteroatoms. The van der Waals surface area contributed by atoms with Gasteiger partial charge in [0.2, 0.25) is 0 Å². The zero-order valence-electron chi connectivity index (χ0n) is 10.2. The third-order valence-electron chi connectivity index (χ3n) is 2.38. The van der Waals surface area contributed by atoms with Crippen LogP contribution in [0.25, 0.3) is 0 Å². The normalized spacial score (nSPS) is 9.37. The highest BCUT2D eigenvalue weighted by atomic mass is 35.5. The lowest BCUT2D eigenvalue weighted by molar-refractivity contribution is 0.0600. The summed E-state index contributed by atoms with van der Waals surface area (Å²) >= 11 is 6.04. The maximum Gasteiger partial charge on any atom is 0.337 e. The number of halogens is 1. The summed E-state index contributed by atoms with van der Waals surface area (Å²) in [5.74, 6) is 5.37. The van der Waals surface area contributed by atoms with Gasteiger partial charge in [-0.2, -0.15) is 0 Å². The maximum absolute atomic E-state index is 11.4. The fourth-order valence-electron chi connectivity index (χ4n) is 1.43. The zero-order valence-corrected chi connectivity index (χ0v) is 10.9. The van der Waals surface area contributed by atoms with E-state index in [1.54, 1.807) is 30.5 Å². The molecular formula is C15H10ClNO2. The van der Waals surface area contributed by atoms with Crippen LogP contribution >= 0.6 is 11.6 Å². The smallest absolute Gasteiger partial charge is 0.337 e. The minimum atomic E-state index is -0.419. The Morgan fingerprint density at radius 2 is 2.11 bits per heavy atom. The summed E-state index contributed by atoms with van der Waals surface area (Å²) in [6.07, 6.45) is 1.66. The summed E-state index contributed by atoms with van der Waals surface area (Å²) in [5, 5.41) is 0.482. The Hall–Kier alpha value is -2.31. The number of carbonyl (C=O) groups is 1. The van der Waals surface area contributed by atoms with Gasteiger partial charge in [0.1, 0.15) is 5.69 Å². The van der Waals surface area contributed by atoms with Crippen LogP contribution in [0.4, 0.5) is 0 Å². The van der Waals surface area contributed by atoms with E-state index in [-0.39, 0.29) is 0 Å². The van der Waals surface area contributed by atoms with Crippen molar-refractivity contribution >= 4 is 17.6 Å². The van der Waals surface area contributed by atoms with Crippen LogP contribution in [-0.4, -0.2) is 18.1 Å². The maximum atomic E-state index is 11.4. The molecule has 0 N–H and O–H groups in total. The van der Waals surface area contributed by atoms with Crippen LogP contribution in [0, 0.1) is 11.8 Å². The summed E-state index contributed by atoms with van der Waals surface area (Å²) < 4.78 is 4.65. The van der Waals surface area contributed by atoms with Crippen molar-refractivity contribution in [2.75, 3.05) is 7.11 Å². The van der Waals surface area contributed by atoms with Gasteiger partial charge < -0.3 is 4.74 Å². The van der Waals surface area contributed by atoms with Gasteiger partial charge in [-0.3, -0.25) is 0 Å². The highest BCUT2D eigenvalue weighted by molar-refractivity contribution is 6.31. The molecule has 2 rings (SSSR count). The van der Waals surface area contributed by atoms with Gasteiger partial charge in [-0.1, -0.05) is 23.6 Å². The fraction of sp³-hybridized carbons (Fsp3) is 0.0667. The average Bonchev–Trinajstić information content (AvgIpc) is 2.46. The van der Waals surface area contributed by atoms with E-state index in [2.05, 4.69) is 21.6 Å². The van der Waals surface area contributed by atoms with E-state index in [1.807, 2.05) is 12.1 Å². The lowest BCUT2D eigenvalue weighted by Gasteiger charge is -2.01. The quantitative estimate of drug-likeness (QED) is 0.591. The van der Waals surface area contributed by atoms with Crippen LogP contribution < -0.4 is 0 Å². The van der Waals surface area contributed by atoms with Crippen LogP contribution in [0.1, 0.15) is 21.6 Å². The van der Waals surface area contributed by atoms with Gasteiger partial charge in [0.05, 0.1) is 17.7 Å².